The molecule has 0 radical (unpaired) electrons. The zero-order valence-electron chi connectivity index (χ0n) is 15.3. The first kappa shape index (κ1) is 20.3. The maximum Gasteiger partial charge on any atom is 0.255 e. The average Bonchev–Trinajstić information content (AvgIpc) is 2.61. The van der Waals surface area contributed by atoms with Crippen LogP contribution in [0.5, 0.6) is 11.5 Å². The average molecular weight is 420 g/mol. The molecule has 4 nitrogen and oxygen atoms in total. The molecule has 5 heteroatoms. The molecule has 0 saturated heterocycles. The fourth-order valence-electron chi connectivity index (χ4n) is 3.02. The first-order valence-corrected chi connectivity index (χ1v) is 9.87. The molecule has 0 heterocycles. The van der Waals surface area contributed by atoms with Crippen LogP contribution >= 0.6 is 15.9 Å². The van der Waals surface area contributed by atoms with Gasteiger partial charge in [-0.25, -0.2) is 0 Å². The summed E-state index contributed by atoms with van der Waals surface area (Å²) in [5.74, 6) is -0.373. The Hall–Kier alpha value is -2.01. The van der Waals surface area contributed by atoms with Gasteiger partial charge in [-0.3, -0.25) is 4.79 Å². The van der Waals surface area contributed by atoms with E-state index in [4.69, 9.17) is 0 Å². The Morgan fingerprint density at radius 1 is 1.12 bits per heavy atom. The molecule has 0 unspecified atom stereocenters. The number of phenols is 2. The van der Waals surface area contributed by atoms with Gasteiger partial charge in [-0.05, 0) is 42.5 Å². The summed E-state index contributed by atoms with van der Waals surface area (Å²) >= 11 is 3.47. The SMILES string of the molecule is CCCCCc1cc(O)c(CC)c(O)c1C(=O)NCc1ccccc1Br. The van der Waals surface area contributed by atoms with Gasteiger partial charge in [0, 0.05) is 16.6 Å². The summed E-state index contributed by atoms with van der Waals surface area (Å²) < 4.78 is 0.924. The standard InChI is InChI=1S/C21H26BrNO3/c1-3-5-6-9-14-12-18(24)16(4-2)20(25)19(14)21(26)23-13-15-10-7-8-11-17(15)22/h7-8,10-12,24-25H,3-6,9,13H2,1-2H3,(H,23,26). The summed E-state index contributed by atoms with van der Waals surface area (Å²) in [6.07, 6.45) is 4.11. The lowest BCUT2D eigenvalue weighted by atomic mass is 9.95. The van der Waals surface area contributed by atoms with Gasteiger partial charge in [-0.2, -0.15) is 0 Å². The molecule has 0 saturated carbocycles. The Balaban J connectivity index is 2.29. The fourth-order valence-corrected chi connectivity index (χ4v) is 3.44. The second-order valence-electron chi connectivity index (χ2n) is 6.34. The van der Waals surface area contributed by atoms with E-state index in [1.807, 2.05) is 31.2 Å². The molecule has 1 amide bonds. The van der Waals surface area contributed by atoms with E-state index >= 15 is 0 Å². The normalized spacial score (nSPS) is 10.7. The molecule has 0 spiro atoms. The topological polar surface area (TPSA) is 69.6 Å². The molecule has 2 rings (SSSR count). The number of carbonyl (C=O) groups excluding carboxylic acids is 1. The van der Waals surface area contributed by atoms with Crippen molar-refractivity contribution >= 4 is 21.8 Å². The summed E-state index contributed by atoms with van der Waals surface area (Å²) in [6, 6.07) is 9.31. The highest BCUT2D eigenvalue weighted by molar-refractivity contribution is 9.10. The van der Waals surface area contributed by atoms with Gasteiger partial charge in [-0.1, -0.05) is 60.8 Å². The van der Waals surface area contributed by atoms with Crippen molar-refractivity contribution in [3.05, 3.63) is 57.1 Å². The molecular formula is C21H26BrNO3. The first-order chi connectivity index (χ1) is 12.5. The minimum Gasteiger partial charge on any atom is -0.508 e. The Morgan fingerprint density at radius 2 is 1.85 bits per heavy atom. The van der Waals surface area contributed by atoms with E-state index in [0.29, 0.717) is 30.5 Å². The summed E-state index contributed by atoms with van der Waals surface area (Å²) in [5, 5.41) is 23.7. The molecule has 0 aliphatic carbocycles. The van der Waals surface area contributed by atoms with Crippen molar-refractivity contribution < 1.29 is 15.0 Å². The molecular weight excluding hydrogens is 394 g/mol. The summed E-state index contributed by atoms with van der Waals surface area (Å²) in [5.41, 5.74) is 2.34. The molecule has 140 valence electrons. The van der Waals surface area contributed by atoms with Crippen LogP contribution in [-0.2, 0) is 19.4 Å². The lowest BCUT2D eigenvalue weighted by Crippen LogP contribution is -2.24. The monoisotopic (exact) mass is 419 g/mol. The van der Waals surface area contributed by atoms with Crippen LogP contribution in [0.25, 0.3) is 0 Å². The van der Waals surface area contributed by atoms with Gasteiger partial charge in [0.1, 0.15) is 11.5 Å². The number of phenolic OH excluding ortho intramolecular Hbond substituents is 2. The highest BCUT2D eigenvalue weighted by Gasteiger charge is 2.21. The molecule has 0 fully saturated rings. The van der Waals surface area contributed by atoms with Gasteiger partial charge in [0.05, 0.1) is 5.56 Å². The predicted molar refractivity (Wildman–Crippen MR) is 108 cm³/mol. The number of aromatic hydroxyl groups is 2. The number of amides is 1. The summed E-state index contributed by atoms with van der Waals surface area (Å²) in [7, 11) is 0. The Kier molecular flexibility index (Phi) is 7.51. The third-order valence-corrected chi connectivity index (χ3v) is 5.27. The van der Waals surface area contributed by atoms with E-state index < -0.39 is 0 Å². The van der Waals surface area contributed by atoms with Crippen molar-refractivity contribution in [2.75, 3.05) is 0 Å². The van der Waals surface area contributed by atoms with Crippen molar-refractivity contribution in [1.29, 1.82) is 0 Å². The second-order valence-corrected chi connectivity index (χ2v) is 7.20. The third-order valence-electron chi connectivity index (χ3n) is 4.49. The number of benzene rings is 2. The van der Waals surface area contributed by atoms with E-state index in [1.165, 1.54) is 0 Å². The van der Waals surface area contributed by atoms with Gasteiger partial charge in [-0.15, -0.1) is 0 Å². The van der Waals surface area contributed by atoms with Crippen LogP contribution in [0, 0.1) is 0 Å². The smallest absolute Gasteiger partial charge is 0.255 e. The van der Waals surface area contributed by atoms with E-state index in [0.717, 1.165) is 29.3 Å². The minimum absolute atomic E-state index is 0.0545. The Morgan fingerprint density at radius 3 is 2.50 bits per heavy atom. The number of hydrogen-bond acceptors (Lipinski definition) is 3. The van der Waals surface area contributed by atoms with Crippen molar-refractivity contribution in [3.8, 4) is 11.5 Å². The maximum atomic E-state index is 12.8. The van der Waals surface area contributed by atoms with Crippen molar-refractivity contribution in [2.45, 2.75) is 52.5 Å². The van der Waals surface area contributed by atoms with Gasteiger partial charge in [0.25, 0.3) is 5.91 Å². The minimum atomic E-state index is -0.320. The molecule has 0 atom stereocenters. The highest BCUT2D eigenvalue weighted by atomic mass is 79.9. The molecule has 26 heavy (non-hydrogen) atoms. The highest BCUT2D eigenvalue weighted by Crippen LogP contribution is 2.35. The van der Waals surface area contributed by atoms with Gasteiger partial charge >= 0.3 is 0 Å². The van der Waals surface area contributed by atoms with Crippen molar-refractivity contribution in [1.82, 2.24) is 5.32 Å². The number of hydrogen-bond donors (Lipinski definition) is 3. The van der Waals surface area contributed by atoms with Crippen LogP contribution < -0.4 is 5.32 Å². The van der Waals surface area contributed by atoms with Crippen LogP contribution in [0.2, 0.25) is 0 Å². The number of unbranched alkanes of at least 4 members (excludes halogenated alkanes) is 2. The summed E-state index contributed by atoms with van der Waals surface area (Å²) in [4.78, 5) is 12.8. The number of carbonyl (C=O) groups is 1. The van der Waals surface area contributed by atoms with E-state index in [1.54, 1.807) is 6.07 Å². The maximum absolute atomic E-state index is 12.8. The van der Waals surface area contributed by atoms with Crippen LogP contribution in [0.1, 0.15) is 60.2 Å². The van der Waals surface area contributed by atoms with E-state index in [-0.39, 0.29) is 23.0 Å². The summed E-state index contributed by atoms with van der Waals surface area (Å²) in [6.45, 7) is 4.31. The zero-order chi connectivity index (χ0) is 19.1. The van der Waals surface area contributed by atoms with Gasteiger partial charge < -0.3 is 15.5 Å². The van der Waals surface area contributed by atoms with Crippen LogP contribution in [-0.4, -0.2) is 16.1 Å². The molecule has 2 aromatic rings. The number of halogens is 1. The van der Waals surface area contributed by atoms with Gasteiger partial charge in [0.2, 0.25) is 0 Å². The lowest BCUT2D eigenvalue weighted by molar-refractivity contribution is 0.0947. The number of nitrogens with one attached hydrogen (secondary N) is 1. The molecule has 0 bridgehead atoms. The molecule has 0 aliphatic rings. The Bertz CT molecular complexity index is 774. The van der Waals surface area contributed by atoms with Gasteiger partial charge in [0.15, 0.2) is 0 Å². The zero-order valence-corrected chi connectivity index (χ0v) is 16.9. The van der Waals surface area contributed by atoms with Crippen LogP contribution in [0.3, 0.4) is 0 Å². The van der Waals surface area contributed by atoms with E-state index in [9.17, 15) is 15.0 Å². The number of aryl methyl sites for hydroxylation is 1. The molecule has 3 N–H and O–H groups in total. The Labute approximate surface area is 163 Å². The van der Waals surface area contributed by atoms with E-state index in [2.05, 4.69) is 28.2 Å². The second kappa shape index (κ2) is 9.62. The number of rotatable bonds is 8. The molecule has 2 aromatic carbocycles. The van der Waals surface area contributed by atoms with Crippen molar-refractivity contribution in [3.63, 3.8) is 0 Å². The molecule has 0 aromatic heterocycles. The fraction of sp³-hybridized carbons (Fsp3) is 0.381. The quantitative estimate of drug-likeness (QED) is 0.522. The first-order valence-electron chi connectivity index (χ1n) is 9.07. The lowest BCUT2D eigenvalue weighted by Gasteiger charge is -2.16. The largest absolute Gasteiger partial charge is 0.508 e. The van der Waals surface area contributed by atoms with Crippen LogP contribution in [0.4, 0.5) is 0 Å². The predicted octanol–water partition coefficient (Wildman–Crippen LogP) is 5.09. The third kappa shape index (κ3) is 4.79. The van der Waals surface area contributed by atoms with Crippen LogP contribution in [0.15, 0.2) is 34.8 Å². The molecule has 0 aliphatic heterocycles. The van der Waals surface area contributed by atoms with Crippen molar-refractivity contribution in [2.24, 2.45) is 0 Å².